The summed E-state index contributed by atoms with van der Waals surface area (Å²) < 4.78 is 26.0. The topological polar surface area (TPSA) is 125 Å². The van der Waals surface area contributed by atoms with Crippen molar-refractivity contribution < 1.29 is 22.8 Å². The van der Waals surface area contributed by atoms with E-state index in [0.717, 1.165) is 16.5 Å². The van der Waals surface area contributed by atoms with Gasteiger partial charge in [0.2, 0.25) is 11.8 Å². The zero-order chi connectivity index (χ0) is 27.2. The molecule has 2 amide bonds. The molecule has 8 nitrogen and oxygen atoms in total. The Morgan fingerprint density at radius 2 is 1.68 bits per heavy atom. The van der Waals surface area contributed by atoms with E-state index in [9.17, 15) is 22.8 Å². The Labute approximate surface area is 218 Å². The minimum atomic E-state index is -3.80. The van der Waals surface area contributed by atoms with Crippen LogP contribution in [-0.4, -0.2) is 48.8 Å². The molecule has 0 bridgehead atoms. The number of aromatic nitrogens is 1. The van der Waals surface area contributed by atoms with E-state index in [1.165, 1.54) is 12.1 Å². The number of hydrogen-bond acceptors (Lipinski definition) is 5. The number of fused-ring (bicyclic) bond motifs is 1. The largest absolute Gasteiger partial charge is 0.360 e. The van der Waals surface area contributed by atoms with Crippen molar-refractivity contribution in [3.63, 3.8) is 0 Å². The zero-order valence-corrected chi connectivity index (χ0v) is 22.6. The molecular formula is C28H35N3O5S. The number of aryl methyl sites for hydroxylation is 1. The van der Waals surface area contributed by atoms with Crippen LogP contribution in [0.15, 0.2) is 59.6 Å². The number of hydrogen-bond donors (Lipinski definition) is 3. The van der Waals surface area contributed by atoms with E-state index in [2.05, 4.69) is 15.6 Å². The Morgan fingerprint density at radius 3 is 2.35 bits per heavy atom. The third-order valence-corrected chi connectivity index (χ3v) is 7.72. The number of Topliss-reactive ketones (excluding diaryl/α,β-unsaturated/α-hetero) is 1. The molecule has 1 atom stereocenters. The number of H-pyrrole nitrogens is 1. The molecule has 0 aliphatic carbocycles. The van der Waals surface area contributed by atoms with Crippen molar-refractivity contribution in [3.05, 3.63) is 65.9 Å². The molecule has 2 aromatic carbocycles. The third-order valence-electron chi connectivity index (χ3n) is 5.89. The zero-order valence-electron chi connectivity index (χ0n) is 21.8. The van der Waals surface area contributed by atoms with E-state index in [-0.39, 0.29) is 30.1 Å². The summed E-state index contributed by atoms with van der Waals surface area (Å²) in [6.07, 6.45) is 2.03. The Kier molecular flexibility index (Phi) is 8.91. The summed E-state index contributed by atoms with van der Waals surface area (Å²) in [6.45, 7) is 7.48. The van der Waals surface area contributed by atoms with Crippen molar-refractivity contribution >= 4 is 38.3 Å². The highest BCUT2D eigenvalue weighted by Gasteiger charge is 2.30. The Morgan fingerprint density at radius 1 is 1.00 bits per heavy atom. The number of nitrogens with one attached hydrogen (secondary N) is 3. The molecule has 0 unspecified atom stereocenters. The maximum absolute atomic E-state index is 13.0. The van der Waals surface area contributed by atoms with E-state index in [1.54, 1.807) is 18.3 Å². The van der Waals surface area contributed by atoms with Gasteiger partial charge in [0.1, 0.15) is 0 Å². The van der Waals surface area contributed by atoms with Crippen LogP contribution in [0.2, 0.25) is 0 Å². The molecular weight excluding hydrogens is 490 g/mol. The van der Waals surface area contributed by atoms with Gasteiger partial charge in [-0.1, -0.05) is 35.9 Å². The SMILES string of the molecule is Cc1ccc(S(=O)(=O)C[C@@H](CC(=O)NC(C)(C)C)C(=O)NCCCC(=O)c2c[nH]c3ccccc23)cc1. The van der Waals surface area contributed by atoms with Gasteiger partial charge in [-0.05, 0) is 52.3 Å². The van der Waals surface area contributed by atoms with E-state index >= 15 is 0 Å². The molecule has 0 aliphatic heterocycles. The number of carbonyl (C=O) groups is 3. The highest BCUT2D eigenvalue weighted by Crippen LogP contribution is 2.20. The Bertz CT molecular complexity index is 1370. The van der Waals surface area contributed by atoms with Gasteiger partial charge >= 0.3 is 0 Å². The molecule has 1 heterocycles. The van der Waals surface area contributed by atoms with Gasteiger partial charge in [-0.15, -0.1) is 0 Å². The summed E-state index contributed by atoms with van der Waals surface area (Å²) in [4.78, 5) is 41.4. The van der Waals surface area contributed by atoms with Crippen LogP contribution in [0.4, 0.5) is 0 Å². The van der Waals surface area contributed by atoms with Gasteiger partial charge in [0.25, 0.3) is 0 Å². The lowest BCUT2D eigenvalue weighted by molar-refractivity contribution is -0.130. The molecule has 0 spiro atoms. The molecule has 9 heteroatoms. The number of carbonyl (C=O) groups excluding carboxylic acids is 3. The lowest BCUT2D eigenvalue weighted by Gasteiger charge is -2.23. The first-order valence-corrected chi connectivity index (χ1v) is 14.0. The number of aromatic amines is 1. The van der Waals surface area contributed by atoms with Crippen LogP contribution >= 0.6 is 0 Å². The van der Waals surface area contributed by atoms with Crippen LogP contribution in [0.25, 0.3) is 10.9 Å². The normalized spacial score (nSPS) is 12.8. The van der Waals surface area contributed by atoms with E-state index in [1.807, 2.05) is 52.0 Å². The maximum atomic E-state index is 13.0. The van der Waals surface area contributed by atoms with E-state index in [4.69, 9.17) is 0 Å². The minimum Gasteiger partial charge on any atom is -0.360 e. The summed E-state index contributed by atoms with van der Waals surface area (Å²) in [5.74, 6) is -2.54. The van der Waals surface area contributed by atoms with Gasteiger partial charge in [0, 0.05) is 47.6 Å². The second kappa shape index (κ2) is 11.7. The van der Waals surface area contributed by atoms with Crippen LogP contribution in [-0.2, 0) is 19.4 Å². The molecule has 0 saturated carbocycles. The smallest absolute Gasteiger partial charge is 0.224 e. The fourth-order valence-electron chi connectivity index (χ4n) is 4.07. The van der Waals surface area contributed by atoms with Crippen molar-refractivity contribution in [2.45, 2.75) is 57.4 Å². The van der Waals surface area contributed by atoms with Gasteiger partial charge in [0.05, 0.1) is 16.6 Å². The van der Waals surface area contributed by atoms with Crippen LogP contribution in [0, 0.1) is 12.8 Å². The molecule has 198 valence electrons. The summed E-state index contributed by atoms with van der Waals surface area (Å²) in [5, 5.41) is 6.37. The van der Waals surface area contributed by atoms with Crippen molar-refractivity contribution in [1.82, 2.24) is 15.6 Å². The quantitative estimate of drug-likeness (QED) is 0.258. The first kappa shape index (κ1) is 28.1. The maximum Gasteiger partial charge on any atom is 0.224 e. The Hall–Kier alpha value is -3.46. The highest BCUT2D eigenvalue weighted by atomic mass is 32.2. The lowest BCUT2D eigenvalue weighted by atomic mass is 10.0. The van der Waals surface area contributed by atoms with Crippen molar-refractivity contribution in [2.75, 3.05) is 12.3 Å². The van der Waals surface area contributed by atoms with Crippen molar-refractivity contribution in [1.29, 1.82) is 0 Å². The van der Waals surface area contributed by atoms with Crippen molar-refractivity contribution in [2.24, 2.45) is 5.92 Å². The standard InChI is InChI=1S/C28H35N3O5S/c1-19-11-13-21(14-12-19)37(35,36)18-20(16-26(33)31-28(2,3)4)27(34)29-15-7-10-25(32)23-17-30-24-9-6-5-8-22(23)24/h5-6,8-9,11-14,17,20,30H,7,10,15-16,18H2,1-4H3,(H,29,34)(H,31,33)/t20-/m1/s1. The number of benzene rings is 2. The summed E-state index contributed by atoms with van der Waals surface area (Å²) in [7, 11) is -3.80. The summed E-state index contributed by atoms with van der Waals surface area (Å²) in [6, 6.07) is 13.9. The molecule has 1 aromatic heterocycles. The van der Waals surface area contributed by atoms with Gasteiger partial charge in [-0.25, -0.2) is 8.42 Å². The van der Waals surface area contributed by atoms with Crippen molar-refractivity contribution in [3.8, 4) is 0 Å². The first-order chi connectivity index (χ1) is 17.4. The molecule has 0 aliphatic rings. The Balaban J connectivity index is 1.63. The minimum absolute atomic E-state index is 0.0465. The fourth-order valence-corrected chi connectivity index (χ4v) is 5.61. The summed E-state index contributed by atoms with van der Waals surface area (Å²) in [5.41, 5.74) is 1.88. The average Bonchev–Trinajstić information content (AvgIpc) is 3.24. The molecule has 3 N–H and O–H groups in total. The predicted molar refractivity (Wildman–Crippen MR) is 144 cm³/mol. The number of ketones is 1. The fraction of sp³-hybridized carbons (Fsp3) is 0.393. The molecule has 0 fully saturated rings. The molecule has 0 radical (unpaired) electrons. The molecule has 3 aromatic rings. The number of amides is 2. The predicted octanol–water partition coefficient (Wildman–Crippen LogP) is 3.95. The van der Waals surface area contributed by atoms with E-state index in [0.29, 0.717) is 12.0 Å². The van der Waals surface area contributed by atoms with Crippen LogP contribution in [0.3, 0.4) is 0 Å². The van der Waals surface area contributed by atoms with Crippen LogP contribution in [0.5, 0.6) is 0 Å². The first-order valence-electron chi connectivity index (χ1n) is 12.3. The monoisotopic (exact) mass is 525 g/mol. The van der Waals surface area contributed by atoms with Gasteiger partial charge in [-0.3, -0.25) is 14.4 Å². The number of sulfone groups is 1. The highest BCUT2D eigenvalue weighted by molar-refractivity contribution is 7.91. The third kappa shape index (κ3) is 8.01. The number of rotatable bonds is 11. The number of para-hydroxylation sites is 1. The second-order valence-electron chi connectivity index (χ2n) is 10.4. The summed E-state index contributed by atoms with van der Waals surface area (Å²) >= 11 is 0. The molecule has 37 heavy (non-hydrogen) atoms. The molecule has 3 rings (SSSR count). The van der Waals surface area contributed by atoms with Crippen LogP contribution in [0.1, 0.15) is 56.0 Å². The lowest BCUT2D eigenvalue weighted by Crippen LogP contribution is -2.44. The van der Waals surface area contributed by atoms with Crippen LogP contribution < -0.4 is 10.6 Å². The van der Waals surface area contributed by atoms with Gasteiger partial charge in [0.15, 0.2) is 15.6 Å². The van der Waals surface area contributed by atoms with Gasteiger partial charge in [-0.2, -0.15) is 0 Å². The molecule has 0 saturated heterocycles. The second-order valence-corrected chi connectivity index (χ2v) is 12.4. The van der Waals surface area contributed by atoms with Gasteiger partial charge < -0.3 is 15.6 Å². The van der Waals surface area contributed by atoms with E-state index < -0.39 is 38.9 Å². The average molecular weight is 526 g/mol.